The fourth-order valence-electron chi connectivity index (χ4n) is 3.39. The number of Topliss-reactive ketones (excluding diaryl/α,β-unsaturated/α-hetero) is 1. The Morgan fingerprint density at radius 1 is 1.18 bits per heavy atom. The lowest BCUT2D eigenvalue weighted by Crippen LogP contribution is -2.36. The maximum Gasteiger partial charge on any atom is 0.229 e. The van der Waals surface area contributed by atoms with Crippen molar-refractivity contribution in [2.45, 2.75) is 19.4 Å². The first kappa shape index (κ1) is 20.3. The summed E-state index contributed by atoms with van der Waals surface area (Å²) in [5.74, 6) is 0.724. The number of aromatic nitrogens is 1. The van der Waals surface area contributed by atoms with Gasteiger partial charge < -0.3 is 4.74 Å². The summed E-state index contributed by atoms with van der Waals surface area (Å²) in [7, 11) is -1.72. The van der Waals surface area contributed by atoms with Crippen molar-refractivity contribution in [3.05, 3.63) is 53.7 Å². The molecule has 2 heterocycles. The second-order valence-corrected chi connectivity index (χ2v) is 8.82. The van der Waals surface area contributed by atoms with Crippen molar-refractivity contribution in [2.75, 3.05) is 31.2 Å². The fraction of sp³-hybridized carbons (Fsp3) is 0.400. The van der Waals surface area contributed by atoms with Crippen molar-refractivity contribution >= 4 is 21.5 Å². The highest BCUT2D eigenvalue weighted by atomic mass is 32.2. The van der Waals surface area contributed by atoms with E-state index in [1.165, 1.54) is 0 Å². The Hall–Kier alpha value is -2.45. The van der Waals surface area contributed by atoms with Gasteiger partial charge in [0.15, 0.2) is 5.78 Å². The molecule has 0 unspecified atom stereocenters. The number of piperidine rings is 1. The topological polar surface area (TPSA) is 88.6 Å². The largest absolute Gasteiger partial charge is 0.481 e. The first-order valence-corrected chi connectivity index (χ1v) is 11.1. The van der Waals surface area contributed by atoms with Gasteiger partial charge in [-0.2, -0.15) is 0 Å². The van der Waals surface area contributed by atoms with Gasteiger partial charge in [-0.25, -0.2) is 13.4 Å². The molecule has 28 heavy (non-hydrogen) atoms. The van der Waals surface area contributed by atoms with Gasteiger partial charge >= 0.3 is 0 Å². The minimum absolute atomic E-state index is 0.000964. The van der Waals surface area contributed by atoms with E-state index in [4.69, 9.17) is 4.74 Å². The first-order valence-electron chi connectivity index (χ1n) is 9.17. The number of pyridine rings is 1. The molecule has 1 aliphatic heterocycles. The summed E-state index contributed by atoms with van der Waals surface area (Å²) < 4.78 is 30.0. The monoisotopic (exact) mass is 403 g/mol. The number of hydrogen-bond acceptors (Lipinski definition) is 6. The number of carbonyl (C=O) groups excluding carboxylic acids is 1. The number of sulfonamides is 1. The lowest BCUT2D eigenvalue weighted by atomic mass is 9.88. The van der Waals surface area contributed by atoms with Crippen LogP contribution in [0.25, 0.3) is 0 Å². The number of hydrogen-bond donors (Lipinski definition) is 1. The summed E-state index contributed by atoms with van der Waals surface area (Å²) in [5.41, 5.74) is 2.21. The van der Waals surface area contributed by atoms with E-state index in [0.29, 0.717) is 17.1 Å². The van der Waals surface area contributed by atoms with Crippen LogP contribution in [0.1, 0.15) is 28.8 Å². The molecule has 1 saturated heterocycles. The van der Waals surface area contributed by atoms with Crippen molar-refractivity contribution in [3.8, 4) is 5.88 Å². The van der Waals surface area contributed by atoms with Crippen LogP contribution in [0.4, 0.5) is 5.69 Å². The van der Waals surface area contributed by atoms with Crippen LogP contribution in [0, 0.1) is 5.92 Å². The SMILES string of the molecule is COc1ccc(CN2CCC(C(=O)c3ccc(NS(C)(=O)=O)cc3)CC2)cn1. The van der Waals surface area contributed by atoms with Crippen molar-refractivity contribution in [1.82, 2.24) is 9.88 Å². The number of ketones is 1. The molecule has 0 saturated carbocycles. The van der Waals surface area contributed by atoms with Crippen LogP contribution in [0.5, 0.6) is 5.88 Å². The summed E-state index contributed by atoms with van der Waals surface area (Å²) >= 11 is 0. The molecule has 8 heteroatoms. The van der Waals surface area contributed by atoms with Crippen LogP contribution in [0.2, 0.25) is 0 Å². The molecule has 1 fully saturated rings. The second kappa shape index (κ2) is 8.70. The number of methoxy groups -OCH3 is 1. The van der Waals surface area contributed by atoms with Crippen LogP contribution < -0.4 is 9.46 Å². The third-order valence-corrected chi connectivity index (χ3v) is 5.45. The summed E-state index contributed by atoms with van der Waals surface area (Å²) in [6.45, 7) is 2.52. The zero-order chi connectivity index (χ0) is 20.1. The molecule has 0 radical (unpaired) electrons. The standard InChI is InChI=1S/C20H25N3O4S/c1-27-19-8-3-15(13-21-19)14-23-11-9-17(10-12-23)20(24)16-4-6-18(7-5-16)22-28(2,25)26/h3-8,13,17,22H,9-12,14H2,1-2H3. The number of likely N-dealkylation sites (tertiary alicyclic amines) is 1. The van der Waals surface area contributed by atoms with Crippen LogP contribution in [-0.4, -0.2) is 50.5 Å². The van der Waals surface area contributed by atoms with E-state index >= 15 is 0 Å². The normalized spacial score (nSPS) is 15.9. The molecule has 0 bridgehead atoms. The summed E-state index contributed by atoms with van der Waals surface area (Å²) in [5, 5.41) is 0. The highest BCUT2D eigenvalue weighted by molar-refractivity contribution is 7.92. The van der Waals surface area contributed by atoms with Crippen LogP contribution in [0.3, 0.4) is 0 Å². The highest BCUT2D eigenvalue weighted by Crippen LogP contribution is 2.24. The number of carbonyl (C=O) groups is 1. The smallest absolute Gasteiger partial charge is 0.229 e. The Kier molecular flexibility index (Phi) is 6.31. The van der Waals surface area contributed by atoms with Gasteiger partial charge in [0.1, 0.15) is 0 Å². The predicted octanol–water partition coefficient (Wildman–Crippen LogP) is 2.56. The van der Waals surface area contributed by atoms with E-state index in [1.54, 1.807) is 31.4 Å². The number of nitrogens with one attached hydrogen (secondary N) is 1. The van der Waals surface area contributed by atoms with Crippen LogP contribution in [-0.2, 0) is 16.6 Å². The Morgan fingerprint density at radius 2 is 1.86 bits per heavy atom. The molecule has 0 aliphatic carbocycles. The predicted molar refractivity (Wildman–Crippen MR) is 108 cm³/mol. The molecule has 1 aliphatic rings. The average Bonchev–Trinajstić information content (AvgIpc) is 2.68. The average molecular weight is 404 g/mol. The number of rotatable bonds is 7. The molecule has 1 N–H and O–H groups in total. The molecule has 0 spiro atoms. The molecular formula is C20H25N3O4S. The second-order valence-electron chi connectivity index (χ2n) is 7.08. The molecular weight excluding hydrogens is 378 g/mol. The first-order chi connectivity index (χ1) is 13.3. The van der Waals surface area contributed by atoms with E-state index < -0.39 is 10.0 Å². The van der Waals surface area contributed by atoms with Crippen molar-refractivity contribution in [2.24, 2.45) is 5.92 Å². The van der Waals surface area contributed by atoms with E-state index in [2.05, 4.69) is 14.6 Å². The van der Waals surface area contributed by atoms with Gasteiger partial charge in [-0.15, -0.1) is 0 Å². The van der Waals surface area contributed by atoms with Gasteiger partial charge in [0.05, 0.1) is 13.4 Å². The Morgan fingerprint density at radius 3 is 2.39 bits per heavy atom. The molecule has 2 aromatic rings. The zero-order valence-electron chi connectivity index (χ0n) is 16.1. The molecule has 0 amide bonds. The van der Waals surface area contributed by atoms with E-state index in [-0.39, 0.29) is 11.7 Å². The van der Waals surface area contributed by atoms with Crippen LogP contribution >= 0.6 is 0 Å². The molecule has 1 aromatic carbocycles. The maximum atomic E-state index is 12.8. The van der Waals surface area contributed by atoms with Crippen LogP contribution in [0.15, 0.2) is 42.6 Å². The molecule has 1 aromatic heterocycles. The fourth-order valence-corrected chi connectivity index (χ4v) is 3.95. The molecule has 3 rings (SSSR count). The molecule has 150 valence electrons. The number of benzene rings is 1. The maximum absolute atomic E-state index is 12.8. The van der Waals surface area contributed by atoms with Crippen molar-refractivity contribution in [3.63, 3.8) is 0 Å². The van der Waals surface area contributed by atoms with Gasteiger partial charge in [-0.1, -0.05) is 6.07 Å². The minimum atomic E-state index is -3.32. The zero-order valence-corrected chi connectivity index (χ0v) is 16.9. The van der Waals surface area contributed by atoms with E-state index in [0.717, 1.165) is 44.3 Å². The summed E-state index contributed by atoms with van der Waals surface area (Å²) in [6.07, 6.45) is 4.54. The highest BCUT2D eigenvalue weighted by Gasteiger charge is 2.25. The third-order valence-electron chi connectivity index (χ3n) is 4.84. The Balaban J connectivity index is 1.53. The Labute approximate surface area is 165 Å². The third kappa shape index (κ3) is 5.53. The number of nitrogens with zero attached hydrogens (tertiary/aromatic N) is 2. The lowest BCUT2D eigenvalue weighted by molar-refractivity contribution is 0.0834. The van der Waals surface area contributed by atoms with Gasteiger partial charge in [0.25, 0.3) is 0 Å². The van der Waals surface area contributed by atoms with Gasteiger partial charge in [0.2, 0.25) is 15.9 Å². The minimum Gasteiger partial charge on any atom is -0.481 e. The number of ether oxygens (including phenoxy) is 1. The van der Waals surface area contributed by atoms with Gasteiger partial charge in [0, 0.05) is 36.0 Å². The lowest BCUT2D eigenvalue weighted by Gasteiger charge is -2.31. The van der Waals surface area contributed by atoms with E-state index in [1.807, 2.05) is 18.3 Å². The number of anilines is 1. The summed E-state index contributed by atoms with van der Waals surface area (Å²) in [4.78, 5) is 19.3. The van der Waals surface area contributed by atoms with Crippen molar-refractivity contribution in [1.29, 1.82) is 0 Å². The van der Waals surface area contributed by atoms with E-state index in [9.17, 15) is 13.2 Å². The summed E-state index contributed by atoms with van der Waals surface area (Å²) in [6, 6.07) is 10.5. The quantitative estimate of drug-likeness (QED) is 0.715. The molecule has 7 nitrogen and oxygen atoms in total. The van der Waals surface area contributed by atoms with Gasteiger partial charge in [-0.05, 0) is 55.8 Å². The van der Waals surface area contributed by atoms with Crippen molar-refractivity contribution < 1.29 is 17.9 Å². The Bertz CT molecular complexity index is 903. The van der Waals surface area contributed by atoms with Gasteiger partial charge in [-0.3, -0.25) is 14.4 Å². The molecule has 0 atom stereocenters.